The number of carbonyl (C=O) groups is 2. The lowest BCUT2D eigenvalue weighted by molar-refractivity contribution is -0.143. The lowest BCUT2D eigenvalue weighted by Gasteiger charge is -2.13. The Balaban J connectivity index is 3.09. The highest BCUT2D eigenvalue weighted by Gasteiger charge is 2.29. The Hall–Kier alpha value is -2.24. The van der Waals surface area contributed by atoms with Crippen molar-refractivity contribution >= 4 is 23.2 Å². The Labute approximate surface area is 110 Å². The van der Waals surface area contributed by atoms with Crippen molar-refractivity contribution in [3.05, 3.63) is 29.6 Å². The lowest BCUT2D eigenvalue weighted by Crippen LogP contribution is -2.30. The van der Waals surface area contributed by atoms with Gasteiger partial charge in [-0.25, -0.2) is 4.39 Å². The summed E-state index contributed by atoms with van der Waals surface area (Å²) in [5.74, 6) is -3.43. The molecule has 0 aromatic heterocycles. The van der Waals surface area contributed by atoms with Gasteiger partial charge in [0.2, 0.25) is 5.78 Å². The van der Waals surface area contributed by atoms with Crippen molar-refractivity contribution in [2.75, 3.05) is 12.8 Å². The van der Waals surface area contributed by atoms with Crippen molar-refractivity contribution in [1.29, 1.82) is 5.41 Å². The number of methoxy groups -OCH3 is 1. The summed E-state index contributed by atoms with van der Waals surface area (Å²) in [5.41, 5.74) is 4.37. The molecular formula is C13H15FN2O3. The molecule has 0 aliphatic heterocycles. The average molecular weight is 266 g/mol. The molecule has 1 aromatic rings. The molecule has 102 valence electrons. The van der Waals surface area contributed by atoms with Crippen molar-refractivity contribution in [1.82, 2.24) is 0 Å². The number of hydrogen-bond donors (Lipinski definition) is 2. The van der Waals surface area contributed by atoms with Gasteiger partial charge in [-0.05, 0) is 18.6 Å². The zero-order valence-electron chi connectivity index (χ0n) is 10.7. The second-order valence-corrected chi connectivity index (χ2v) is 3.94. The summed E-state index contributed by atoms with van der Waals surface area (Å²) in [6.07, 6.45) is 0.223. The van der Waals surface area contributed by atoms with E-state index >= 15 is 0 Å². The Kier molecular flexibility index (Phi) is 4.74. The highest BCUT2D eigenvalue weighted by Crippen LogP contribution is 2.18. The van der Waals surface area contributed by atoms with E-state index in [0.717, 1.165) is 0 Å². The van der Waals surface area contributed by atoms with Crippen LogP contribution < -0.4 is 5.73 Å². The number of halogens is 1. The molecule has 1 rings (SSSR count). The molecule has 0 saturated carbocycles. The van der Waals surface area contributed by atoms with Gasteiger partial charge in [0.1, 0.15) is 5.92 Å². The van der Waals surface area contributed by atoms with Crippen LogP contribution in [0.5, 0.6) is 0 Å². The molecule has 0 saturated heterocycles. The predicted molar refractivity (Wildman–Crippen MR) is 68.7 cm³/mol. The van der Waals surface area contributed by atoms with E-state index in [1.165, 1.54) is 25.3 Å². The number of esters is 1. The lowest BCUT2D eigenvalue weighted by atomic mass is 9.93. The summed E-state index contributed by atoms with van der Waals surface area (Å²) >= 11 is 0. The smallest absolute Gasteiger partial charge is 0.314 e. The summed E-state index contributed by atoms with van der Waals surface area (Å²) in [7, 11) is 1.17. The summed E-state index contributed by atoms with van der Waals surface area (Å²) in [6.45, 7) is 1.64. The molecule has 0 amide bonds. The third-order valence-corrected chi connectivity index (χ3v) is 2.76. The molecule has 0 radical (unpaired) electrons. The number of carbonyl (C=O) groups excluding carboxylic acids is 2. The summed E-state index contributed by atoms with van der Waals surface area (Å²) in [5, 5.41) is 7.73. The van der Waals surface area contributed by atoms with Gasteiger partial charge in [-0.1, -0.05) is 13.0 Å². The molecule has 0 bridgehead atoms. The van der Waals surface area contributed by atoms with Gasteiger partial charge in [-0.15, -0.1) is 0 Å². The van der Waals surface area contributed by atoms with E-state index in [9.17, 15) is 14.0 Å². The van der Waals surface area contributed by atoms with E-state index in [0.29, 0.717) is 0 Å². The van der Waals surface area contributed by atoms with Crippen LogP contribution in [0.25, 0.3) is 0 Å². The monoisotopic (exact) mass is 266 g/mol. The maximum atomic E-state index is 13.7. The SMILES string of the molecule is CC[C@@H](C(=N)C(=O)c1cccc(N)c1F)C(=O)OC. The Morgan fingerprint density at radius 2 is 2.11 bits per heavy atom. The first kappa shape index (κ1) is 14.8. The molecule has 6 heteroatoms. The van der Waals surface area contributed by atoms with E-state index in [4.69, 9.17) is 11.1 Å². The number of anilines is 1. The minimum Gasteiger partial charge on any atom is -0.469 e. The fourth-order valence-electron chi connectivity index (χ4n) is 1.66. The zero-order valence-corrected chi connectivity index (χ0v) is 10.7. The number of benzene rings is 1. The molecule has 5 nitrogen and oxygen atoms in total. The number of ketones is 1. The van der Waals surface area contributed by atoms with Gasteiger partial charge < -0.3 is 15.9 Å². The van der Waals surface area contributed by atoms with Crippen molar-refractivity contribution in [3.8, 4) is 0 Å². The molecule has 3 N–H and O–H groups in total. The van der Waals surface area contributed by atoms with E-state index < -0.39 is 29.2 Å². The number of Topliss-reactive ketones (excluding diaryl/α,β-unsaturated/α-hetero) is 1. The van der Waals surface area contributed by atoms with E-state index in [2.05, 4.69) is 4.74 Å². The third kappa shape index (κ3) is 2.96. The third-order valence-electron chi connectivity index (χ3n) is 2.76. The predicted octanol–water partition coefficient (Wildman–Crippen LogP) is 1.81. The first-order chi connectivity index (χ1) is 8.93. The van der Waals surface area contributed by atoms with E-state index in [1.54, 1.807) is 6.92 Å². The highest BCUT2D eigenvalue weighted by molar-refractivity contribution is 6.48. The maximum Gasteiger partial charge on any atom is 0.314 e. The van der Waals surface area contributed by atoms with Gasteiger partial charge in [0.25, 0.3) is 0 Å². The molecule has 0 unspecified atom stereocenters. The number of nitrogen functional groups attached to an aromatic ring is 1. The van der Waals surface area contributed by atoms with Crippen LogP contribution in [-0.4, -0.2) is 24.6 Å². The fraction of sp³-hybridized carbons (Fsp3) is 0.308. The van der Waals surface area contributed by atoms with Crippen LogP contribution in [0.1, 0.15) is 23.7 Å². The average Bonchev–Trinajstić information content (AvgIpc) is 2.41. The van der Waals surface area contributed by atoms with Crippen molar-refractivity contribution in [2.45, 2.75) is 13.3 Å². The first-order valence-corrected chi connectivity index (χ1v) is 5.69. The van der Waals surface area contributed by atoms with Crippen molar-refractivity contribution < 1.29 is 18.7 Å². The minimum absolute atomic E-state index is 0.176. The van der Waals surface area contributed by atoms with Crippen molar-refractivity contribution in [2.24, 2.45) is 5.92 Å². The van der Waals surface area contributed by atoms with Gasteiger partial charge in [-0.3, -0.25) is 9.59 Å². The Bertz CT molecular complexity index is 529. The molecule has 19 heavy (non-hydrogen) atoms. The van der Waals surface area contributed by atoms with E-state index in [-0.39, 0.29) is 17.7 Å². The topological polar surface area (TPSA) is 93.2 Å². The number of nitrogens with one attached hydrogen (secondary N) is 1. The summed E-state index contributed by atoms with van der Waals surface area (Å²) in [4.78, 5) is 23.4. The van der Waals surface area contributed by atoms with Crippen LogP contribution in [0.4, 0.5) is 10.1 Å². The molecule has 0 heterocycles. The van der Waals surface area contributed by atoms with Gasteiger partial charge in [0.15, 0.2) is 5.82 Å². The highest BCUT2D eigenvalue weighted by atomic mass is 19.1. The normalized spacial score (nSPS) is 11.7. The van der Waals surface area contributed by atoms with Crippen LogP contribution in [0, 0.1) is 17.1 Å². The Morgan fingerprint density at radius 1 is 1.47 bits per heavy atom. The maximum absolute atomic E-state index is 13.7. The standard InChI is InChI=1S/C13H15FN2O3/c1-3-7(13(18)19-2)11(16)12(17)8-5-4-6-9(15)10(8)14/h4-7,16H,3,15H2,1-2H3/t7-/m0/s1. The van der Waals surface area contributed by atoms with Gasteiger partial charge >= 0.3 is 5.97 Å². The van der Waals surface area contributed by atoms with Crippen LogP contribution in [0.2, 0.25) is 0 Å². The van der Waals surface area contributed by atoms with Gasteiger partial charge in [-0.2, -0.15) is 0 Å². The minimum atomic E-state index is -1.00. The number of nitrogens with two attached hydrogens (primary N) is 1. The van der Waals surface area contributed by atoms with Crippen molar-refractivity contribution in [3.63, 3.8) is 0 Å². The molecule has 1 atom stereocenters. The van der Waals surface area contributed by atoms with Crippen LogP contribution in [0.3, 0.4) is 0 Å². The number of hydrogen-bond acceptors (Lipinski definition) is 5. The number of rotatable bonds is 5. The second kappa shape index (κ2) is 6.08. The molecule has 0 aliphatic rings. The quantitative estimate of drug-likeness (QED) is 0.368. The zero-order chi connectivity index (χ0) is 14.6. The molecular weight excluding hydrogens is 251 g/mol. The Morgan fingerprint density at radius 3 is 2.63 bits per heavy atom. The molecule has 0 aliphatic carbocycles. The van der Waals surface area contributed by atoms with Crippen LogP contribution in [-0.2, 0) is 9.53 Å². The molecule has 0 spiro atoms. The summed E-state index contributed by atoms with van der Waals surface area (Å²) in [6, 6.07) is 3.96. The van der Waals surface area contributed by atoms with Crippen LogP contribution in [0.15, 0.2) is 18.2 Å². The first-order valence-electron chi connectivity index (χ1n) is 5.69. The molecule has 0 fully saturated rings. The second-order valence-electron chi connectivity index (χ2n) is 3.94. The van der Waals surface area contributed by atoms with Gasteiger partial charge in [0, 0.05) is 0 Å². The molecule has 1 aromatic carbocycles. The fourth-order valence-corrected chi connectivity index (χ4v) is 1.66. The summed E-state index contributed by atoms with van der Waals surface area (Å²) < 4.78 is 18.2. The largest absolute Gasteiger partial charge is 0.469 e. The van der Waals surface area contributed by atoms with Crippen LogP contribution >= 0.6 is 0 Å². The van der Waals surface area contributed by atoms with Gasteiger partial charge in [0.05, 0.1) is 24.1 Å². The van der Waals surface area contributed by atoms with E-state index in [1.807, 2.05) is 0 Å². The number of ether oxygens (including phenoxy) is 1.